The van der Waals surface area contributed by atoms with Crippen molar-refractivity contribution in [3.05, 3.63) is 37.1 Å². The van der Waals surface area contributed by atoms with E-state index in [-0.39, 0.29) is 11.7 Å². The molecule has 2 aromatic rings. The lowest BCUT2D eigenvalue weighted by Gasteiger charge is -2.08. The van der Waals surface area contributed by atoms with Gasteiger partial charge in [0.05, 0.1) is 6.04 Å². The predicted molar refractivity (Wildman–Crippen MR) is 63.1 cm³/mol. The van der Waals surface area contributed by atoms with E-state index < -0.39 is 0 Å². The molecule has 2 heterocycles. The van der Waals surface area contributed by atoms with E-state index in [4.69, 9.17) is 12.2 Å². The zero-order valence-corrected chi connectivity index (χ0v) is 10.0. The number of thiophene rings is 1. The first-order valence-electron chi connectivity index (χ1n) is 4.55. The van der Waals surface area contributed by atoms with Crippen LogP contribution in [0.3, 0.4) is 0 Å². The largest absolute Gasteiger partial charge is 0.342 e. The highest BCUT2D eigenvalue weighted by atomic mass is 32.1. The summed E-state index contributed by atoms with van der Waals surface area (Å²) in [6.45, 7) is 4.01. The highest BCUT2D eigenvalue weighted by Crippen LogP contribution is 2.24. The molecule has 0 aromatic carbocycles. The molecular formula is C9H11N3OS2. The maximum absolute atomic E-state index is 11.5. The van der Waals surface area contributed by atoms with Gasteiger partial charge in [0.15, 0.2) is 4.77 Å². The van der Waals surface area contributed by atoms with E-state index in [1.54, 1.807) is 15.9 Å². The van der Waals surface area contributed by atoms with Gasteiger partial charge in [0.2, 0.25) is 0 Å². The lowest BCUT2D eigenvalue weighted by Crippen LogP contribution is -2.20. The number of hydrogen-bond donors (Lipinski definition) is 2. The molecule has 0 aliphatic carbocycles. The summed E-state index contributed by atoms with van der Waals surface area (Å²) >= 11 is 6.71. The summed E-state index contributed by atoms with van der Waals surface area (Å²) in [5.41, 5.74) is -0.196. The van der Waals surface area contributed by atoms with E-state index in [0.717, 1.165) is 4.88 Å². The van der Waals surface area contributed by atoms with Crippen LogP contribution >= 0.6 is 23.6 Å². The van der Waals surface area contributed by atoms with Crippen LogP contribution in [-0.2, 0) is 0 Å². The number of aromatic amines is 2. The molecule has 0 radical (unpaired) electrons. The Morgan fingerprint density at radius 1 is 1.47 bits per heavy atom. The molecule has 0 fully saturated rings. The Balaban J connectivity index is 2.49. The van der Waals surface area contributed by atoms with Gasteiger partial charge in [0.25, 0.3) is 0 Å². The molecule has 80 valence electrons. The average molecular weight is 241 g/mol. The van der Waals surface area contributed by atoms with E-state index in [2.05, 4.69) is 10.2 Å². The number of rotatable bonds is 2. The van der Waals surface area contributed by atoms with Crippen LogP contribution in [0.25, 0.3) is 0 Å². The zero-order chi connectivity index (χ0) is 11.0. The number of aromatic nitrogens is 3. The second kappa shape index (κ2) is 3.79. The average Bonchev–Trinajstić information content (AvgIpc) is 2.73. The van der Waals surface area contributed by atoms with Gasteiger partial charge in [0.1, 0.15) is 0 Å². The summed E-state index contributed by atoms with van der Waals surface area (Å²) in [6.07, 6.45) is 0. The normalized spacial score (nSPS) is 12.9. The van der Waals surface area contributed by atoms with Crippen LogP contribution < -0.4 is 5.69 Å². The fourth-order valence-corrected chi connectivity index (χ4v) is 2.69. The summed E-state index contributed by atoms with van der Waals surface area (Å²) < 4.78 is 1.97. The summed E-state index contributed by atoms with van der Waals surface area (Å²) in [6, 6.07) is 4.05. The molecule has 2 aromatic heterocycles. The molecule has 0 spiro atoms. The monoisotopic (exact) mass is 241 g/mol. The molecular weight excluding hydrogens is 230 g/mol. The molecule has 15 heavy (non-hydrogen) atoms. The lowest BCUT2D eigenvalue weighted by atomic mass is 10.3. The van der Waals surface area contributed by atoms with Crippen molar-refractivity contribution in [2.45, 2.75) is 19.9 Å². The van der Waals surface area contributed by atoms with Crippen molar-refractivity contribution in [2.75, 3.05) is 0 Å². The first-order valence-corrected chi connectivity index (χ1v) is 5.77. The predicted octanol–water partition coefficient (Wildman–Crippen LogP) is 2.21. The van der Waals surface area contributed by atoms with Crippen molar-refractivity contribution in [2.24, 2.45) is 0 Å². The molecule has 4 nitrogen and oxygen atoms in total. The van der Waals surface area contributed by atoms with Gasteiger partial charge in [-0.1, -0.05) is 0 Å². The maximum Gasteiger partial charge on any atom is 0.342 e. The Morgan fingerprint density at radius 3 is 2.67 bits per heavy atom. The highest BCUT2D eigenvalue weighted by molar-refractivity contribution is 7.71. The third-order valence-corrected chi connectivity index (χ3v) is 3.74. The van der Waals surface area contributed by atoms with Gasteiger partial charge in [0, 0.05) is 9.75 Å². The van der Waals surface area contributed by atoms with E-state index in [1.807, 2.05) is 26.0 Å². The van der Waals surface area contributed by atoms with Gasteiger partial charge in [-0.25, -0.2) is 9.89 Å². The van der Waals surface area contributed by atoms with Crippen LogP contribution in [0.15, 0.2) is 16.9 Å². The smallest absolute Gasteiger partial charge is 0.272 e. The molecule has 0 saturated heterocycles. The molecule has 1 atom stereocenters. The van der Waals surface area contributed by atoms with E-state index in [9.17, 15) is 4.79 Å². The molecule has 0 aliphatic rings. The topological polar surface area (TPSA) is 53.6 Å². The highest BCUT2D eigenvalue weighted by Gasteiger charge is 2.13. The Hall–Kier alpha value is -1.14. The fraction of sp³-hybridized carbons (Fsp3) is 0.333. The SMILES string of the molecule is Cc1ccc(C(C)n2c(=O)[nH][nH]c2=S)s1. The second-order valence-electron chi connectivity index (χ2n) is 3.35. The summed E-state index contributed by atoms with van der Waals surface area (Å²) in [5, 5.41) is 5.12. The Kier molecular flexibility index (Phi) is 2.62. The van der Waals surface area contributed by atoms with Crippen LogP contribution in [0.4, 0.5) is 0 Å². The first-order chi connectivity index (χ1) is 7.09. The van der Waals surface area contributed by atoms with Gasteiger partial charge < -0.3 is 0 Å². The molecule has 0 amide bonds. The van der Waals surface area contributed by atoms with Gasteiger partial charge in [-0.2, -0.15) is 0 Å². The standard InChI is InChI=1S/C9H11N3OS2/c1-5-3-4-7(15-5)6(2)12-8(13)10-11-9(12)14/h3-4,6H,1-2H3,(H,10,13)(H,11,14). The van der Waals surface area contributed by atoms with Crippen LogP contribution in [0, 0.1) is 11.7 Å². The van der Waals surface area contributed by atoms with Crippen molar-refractivity contribution < 1.29 is 0 Å². The van der Waals surface area contributed by atoms with Crippen molar-refractivity contribution in [3.63, 3.8) is 0 Å². The minimum absolute atomic E-state index is 0.0220. The number of nitrogens with one attached hydrogen (secondary N) is 2. The van der Waals surface area contributed by atoms with E-state index in [1.165, 1.54) is 4.88 Å². The van der Waals surface area contributed by atoms with Gasteiger partial charge in [-0.15, -0.1) is 11.3 Å². The quantitative estimate of drug-likeness (QED) is 0.792. The van der Waals surface area contributed by atoms with Crippen LogP contribution in [0.5, 0.6) is 0 Å². The third kappa shape index (κ3) is 1.82. The van der Waals surface area contributed by atoms with Crippen molar-refractivity contribution in [3.8, 4) is 0 Å². The molecule has 2 N–H and O–H groups in total. The molecule has 6 heteroatoms. The zero-order valence-electron chi connectivity index (χ0n) is 8.40. The minimum Gasteiger partial charge on any atom is -0.272 e. The fourth-order valence-electron chi connectivity index (χ4n) is 1.48. The van der Waals surface area contributed by atoms with E-state index in [0.29, 0.717) is 4.77 Å². The molecule has 0 saturated carbocycles. The molecule has 2 rings (SSSR count). The number of nitrogens with zero attached hydrogens (tertiary/aromatic N) is 1. The molecule has 1 unspecified atom stereocenters. The van der Waals surface area contributed by atoms with Crippen molar-refractivity contribution in [1.29, 1.82) is 0 Å². The van der Waals surface area contributed by atoms with Crippen LogP contribution in [0.1, 0.15) is 22.7 Å². The van der Waals surface area contributed by atoms with Crippen molar-refractivity contribution >= 4 is 23.6 Å². The van der Waals surface area contributed by atoms with Crippen LogP contribution in [0.2, 0.25) is 0 Å². The minimum atomic E-state index is -0.196. The lowest BCUT2D eigenvalue weighted by molar-refractivity contribution is 0.618. The van der Waals surface area contributed by atoms with Gasteiger partial charge in [-0.3, -0.25) is 9.67 Å². The Morgan fingerprint density at radius 2 is 2.20 bits per heavy atom. The molecule has 0 aliphatic heterocycles. The van der Waals surface area contributed by atoms with Crippen LogP contribution in [-0.4, -0.2) is 14.8 Å². The number of hydrogen-bond acceptors (Lipinski definition) is 3. The molecule has 0 bridgehead atoms. The Labute approximate surface area is 95.6 Å². The Bertz CT molecular complexity index is 547. The summed E-state index contributed by atoms with van der Waals surface area (Å²) in [7, 11) is 0. The van der Waals surface area contributed by atoms with E-state index >= 15 is 0 Å². The van der Waals surface area contributed by atoms with Gasteiger partial charge in [-0.05, 0) is 38.2 Å². The van der Waals surface area contributed by atoms with Gasteiger partial charge >= 0.3 is 5.69 Å². The van der Waals surface area contributed by atoms with Crippen molar-refractivity contribution in [1.82, 2.24) is 14.8 Å². The summed E-state index contributed by atoms with van der Waals surface area (Å²) in [4.78, 5) is 13.8. The number of aryl methyl sites for hydroxylation is 1. The summed E-state index contributed by atoms with van der Waals surface area (Å²) in [5.74, 6) is 0. The maximum atomic E-state index is 11.5. The number of H-pyrrole nitrogens is 2. The second-order valence-corrected chi connectivity index (χ2v) is 5.06. The third-order valence-electron chi connectivity index (χ3n) is 2.27. The first kappa shape index (κ1) is 10.4.